The van der Waals surface area contributed by atoms with Crippen LogP contribution >= 0.6 is 0 Å². The molecule has 1 N–H and O–H groups in total. The van der Waals surface area contributed by atoms with Crippen LogP contribution in [0.2, 0.25) is 0 Å². The fourth-order valence-corrected chi connectivity index (χ4v) is 6.41. The quantitative estimate of drug-likeness (QED) is 0.533. The number of ether oxygens (including phenoxy) is 1. The van der Waals surface area contributed by atoms with E-state index >= 15 is 0 Å². The molecule has 2 fully saturated rings. The van der Waals surface area contributed by atoms with Crippen molar-refractivity contribution in [2.75, 3.05) is 6.61 Å². The lowest BCUT2D eigenvalue weighted by molar-refractivity contribution is -0.0914. The fraction of sp³-hybridized carbons (Fsp3) is 0.379. The Hall–Kier alpha value is -3.25. The van der Waals surface area contributed by atoms with Gasteiger partial charge < -0.3 is 14.7 Å². The number of hydrogen-bond acceptors (Lipinski definition) is 4. The summed E-state index contributed by atoms with van der Waals surface area (Å²) in [6.45, 7) is 1.89. The van der Waals surface area contributed by atoms with Crippen LogP contribution in [0, 0.1) is 12.7 Å². The Morgan fingerprint density at radius 1 is 1.03 bits per heavy atom. The topological polar surface area (TPSA) is 62.7 Å². The number of piperidine rings is 2. The summed E-state index contributed by atoms with van der Waals surface area (Å²) in [5, 5.41) is 11.5. The first-order chi connectivity index (χ1) is 16.9. The molecule has 35 heavy (non-hydrogen) atoms. The largest absolute Gasteiger partial charge is 0.448 e. The molecule has 3 aliphatic rings. The molecule has 180 valence electrons. The number of aliphatic hydroxyl groups is 1. The average molecular weight is 473 g/mol. The number of carbonyl (C=O) groups is 1. The van der Waals surface area contributed by atoms with E-state index in [-0.39, 0.29) is 42.2 Å². The predicted molar refractivity (Wildman–Crippen MR) is 130 cm³/mol. The van der Waals surface area contributed by atoms with Crippen LogP contribution in [0.25, 0.3) is 11.1 Å². The highest BCUT2D eigenvalue weighted by molar-refractivity contribution is 5.79. The van der Waals surface area contributed by atoms with Crippen molar-refractivity contribution < 1.29 is 19.0 Å². The predicted octanol–water partition coefficient (Wildman–Crippen LogP) is 5.68. The maximum absolute atomic E-state index is 13.8. The SMILES string of the molecule is Cc1nc(C2(O)CC3CCCC(C2)N3C(=O)OCC2c3ccccc3-c3ccccc32)ccc1F. The number of halogens is 1. The van der Waals surface area contributed by atoms with Gasteiger partial charge >= 0.3 is 6.09 Å². The number of aryl methyl sites for hydroxylation is 1. The first-order valence-corrected chi connectivity index (χ1v) is 12.4. The lowest BCUT2D eigenvalue weighted by atomic mass is 9.74. The van der Waals surface area contributed by atoms with Crippen molar-refractivity contribution in [2.24, 2.45) is 0 Å². The molecule has 1 amide bonds. The number of hydrogen-bond donors (Lipinski definition) is 1. The standard InChI is InChI=1S/C29H29FN2O3/c1-18-26(30)13-14-27(31-18)29(34)15-19-7-6-8-20(16-29)32(19)28(33)35-17-25-23-11-4-2-9-21(23)22-10-3-5-12-24(22)25/h2-5,9-14,19-20,25,34H,6-8,15-17H2,1H3. The Morgan fingerprint density at radius 2 is 1.63 bits per heavy atom. The highest BCUT2D eigenvalue weighted by Crippen LogP contribution is 2.46. The smallest absolute Gasteiger partial charge is 0.410 e. The molecule has 1 aromatic heterocycles. The first kappa shape index (κ1) is 22.2. The number of aromatic nitrogens is 1. The van der Waals surface area contributed by atoms with E-state index in [2.05, 4.69) is 29.2 Å². The molecule has 2 unspecified atom stereocenters. The Labute approximate surface area is 204 Å². The molecule has 6 heteroatoms. The zero-order valence-corrected chi connectivity index (χ0v) is 19.8. The monoisotopic (exact) mass is 472 g/mol. The summed E-state index contributed by atoms with van der Waals surface area (Å²) >= 11 is 0. The van der Waals surface area contributed by atoms with Gasteiger partial charge in [0, 0.05) is 30.8 Å². The number of nitrogens with zero attached hydrogens (tertiary/aromatic N) is 2. The van der Waals surface area contributed by atoms with Gasteiger partial charge in [-0.25, -0.2) is 9.18 Å². The van der Waals surface area contributed by atoms with Crippen molar-refractivity contribution in [3.05, 3.63) is 89.0 Å². The Morgan fingerprint density at radius 3 is 2.23 bits per heavy atom. The zero-order chi connectivity index (χ0) is 24.2. The lowest BCUT2D eigenvalue weighted by Gasteiger charge is -2.51. The van der Waals surface area contributed by atoms with Crippen molar-refractivity contribution >= 4 is 6.09 Å². The molecular weight excluding hydrogens is 443 g/mol. The maximum Gasteiger partial charge on any atom is 0.410 e. The van der Waals surface area contributed by atoms with Gasteiger partial charge in [-0.05, 0) is 60.6 Å². The summed E-state index contributed by atoms with van der Waals surface area (Å²) in [6, 6.07) is 19.3. The fourth-order valence-electron chi connectivity index (χ4n) is 6.41. The van der Waals surface area contributed by atoms with Gasteiger partial charge in [-0.1, -0.05) is 48.5 Å². The Balaban J connectivity index is 1.21. The summed E-state index contributed by atoms with van der Waals surface area (Å²) in [4.78, 5) is 19.6. The molecule has 0 saturated carbocycles. The van der Waals surface area contributed by atoms with Crippen LogP contribution in [0.15, 0.2) is 60.7 Å². The van der Waals surface area contributed by atoms with Gasteiger partial charge in [0.2, 0.25) is 0 Å². The van der Waals surface area contributed by atoms with Crippen LogP contribution in [0.3, 0.4) is 0 Å². The van der Waals surface area contributed by atoms with Gasteiger partial charge in [0.05, 0.1) is 11.4 Å². The number of pyridine rings is 1. The summed E-state index contributed by atoms with van der Waals surface area (Å²) in [7, 11) is 0. The molecule has 2 saturated heterocycles. The Bertz CT molecular complexity index is 1230. The van der Waals surface area contributed by atoms with Crippen LogP contribution in [0.1, 0.15) is 60.5 Å². The van der Waals surface area contributed by atoms with E-state index < -0.39 is 5.60 Å². The number of fused-ring (bicyclic) bond motifs is 5. The second kappa shape index (κ2) is 8.45. The van der Waals surface area contributed by atoms with Crippen LogP contribution in [0.4, 0.5) is 9.18 Å². The summed E-state index contributed by atoms with van der Waals surface area (Å²) in [6.07, 6.45) is 3.07. The van der Waals surface area contributed by atoms with Gasteiger partial charge in [0.25, 0.3) is 0 Å². The van der Waals surface area contributed by atoms with E-state index in [9.17, 15) is 14.3 Å². The third kappa shape index (κ3) is 3.71. The van der Waals surface area contributed by atoms with E-state index in [1.165, 1.54) is 28.3 Å². The van der Waals surface area contributed by atoms with Crippen LogP contribution in [0.5, 0.6) is 0 Å². The molecule has 0 radical (unpaired) electrons. The van der Waals surface area contributed by atoms with Crippen molar-refractivity contribution in [2.45, 2.75) is 62.6 Å². The van der Waals surface area contributed by atoms with Gasteiger partial charge in [-0.3, -0.25) is 4.98 Å². The van der Waals surface area contributed by atoms with Crippen LogP contribution in [-0.2, 0) is 10.3 Å². The van der Waals surface area contributed by atoms with Crippen LogP contribution in [-0.4, -0.2) is 39.8 Å². The van der Waals surface area contributed by atoms with E-state index in [1.807, 2.05) is 29.2 Å². The lowest BCUT2D eigenvalue weighted by Crippen LogP contribution is -2.59. The molecule has 3 aromatic rings. The van der Waals surface area contributed by atoms with Crippen molar-refractivity contribution in [1.82, 2.24) is 9.88 Å². The molecule has 2 bridgehead atoms. The second-order valence-electron chi connectivity index (χ2n) is 10.2. The highest BCUT2D eigenvalue weighted by Gasteiger charge is 2.49. The van der Waals surface area contributed by atoms with Gasteiger partial charge in [0.1, 0.15) is 18.0 Å². The minimum Gasteiger partial charge on any atom is -0.448 e. The zero-order valence-electron chi connectivity index (χ0n) is 19.8. The van der Waals surface area contributed by atoms with Crippen molar-refractivity contribution in [3.8, 4) is 11.1 Å². The second-order valence-corrected chi connectivity index (χ2v) is 10.2. The molecule has 2 aliphatic heterocycles. The summed E-state index contributed by atoms with van der Waals surface area (Å²) < 4.78 is 19.7. The third-order valence-corrected chi connectivity index (χ3v) is 8.05. The van der Waals surface area contributed by atoms with E-state index in [0.29, 0.717) is 18.5 Å². The maximum atomic E-state index is 13.8. The van der Waals surface area contributed by atoms with E-state index in [1.54, 1.807) is 13.0 Å². The summed E-state index contributed by atoms with van der Waals surface area (Å²) in [5.74, 6) is -0.368. The van der Waals surface area contributed by atoms with E-state index in [0.717, 1.165) is 19.3 Å². The van der Waals surface area contributed by atoms with Crippen LogP contribution < -0.4 is 0 Å². The molecule has 2 aromatic carbocycles. The molecule has 6 rings (SSSR count). The minimum atomic E-state index is -1.17. The summed E-state index contributed by atoms with van der Waals surface area (Å²) in [5.41, 5.74) is 4.37. The van der Waals surface area contributed by atoms with Crippen molar-refractivity contribution in [1.29, 1.82) is 0 Å². The molecule has 1 aliphatic carbocycles. The third-order valence-electron chi connectivity index (χ3n) is 8.05. The molecule has 3 heterocycles. The normalized spacial score (nSPS) is 25.2. The van der Waals surface area contributed by atoms with Gasteiger partial charge in [-0.15, -0.1) is 0 Å². The van der Waals surface area contributed by atoms with Crippen molar-refractivity contribution in [3.63, 3.8) is 0 Å². The molecule has 2 atom stereocenters. The highest BCUT2D eigenvalue weighted by atomic mass is 19.1. The Kier molecular flexibility index (Phi) is 5.37. The first-order valence-electron chi connectivity index (χ1n) is 12.4. The van der Waals surface area contributed by atoms with Gasteiger partial charge in [0.15, 0.2) is 0 Å². The number of amides is 1. The molecule has 5 nitrogen and oxygen atoms in total. The number of carbonyl (C=O) groups excluding carboxylic acids is 1. The van der Waals surface area contributed by atoms with E-state index in [4.69, 9.17) is 4.74 Å². The number of benzene rings is 2. The molecular formula is C29H29FN2O3. The number of rotatable bonds is 3. The molecule has 0 spiro atoms. The average Bonchev–Trinajstić information content (AvgIpc) is 3.17. The minimum absolute atomic E-state index is 0.0132. The van der Waals surface area contributed by atoms with Gasteiger partial charge in [-0.2, -0.15) is 0 Å².